The van der Waals surface area contributed by atoms with E-state index in [1.807, 2.05) is 4.57 Å². The molecule has 0 saturated carbocycles. The molecule has 19 heavy (non-hydrogen) atoms. The van der Waals surface area contributed by atoms with Crippen molar-refractivity contribution in [1.29, 1.82) is 0 Å². The van der Waals surface area contributed by atoms with Crippen LogP contribution in [0.5, 0.6) is 0 Å². The number of aliphatic hydroxyl groups is 2. The Bertz CT molecular complexity index is 589. The molecule has 7 nitrogen and oxygen atoms in total. The standard InChI is InChI=1S/C11H15N5O2S/c12-9-8-10(14-4-13-9)16(5-15-8)11-7(2-18)6(1-17)3-19-11/h4-7,11,17-18H,1-3H2,(H2,12,13,14)/t6-,7+,11?/m0/s1. The highest BCUT2D eigenvalue weighted by Crippen LogP contribution is 2.45. The Kier molecular flexibility index (Phi) is 3.29. The van der Waals surface area contributed by atoms with E-state index >= 15 is 0 Å². The molecule has 102 valence electrons. The molecule has 1 aliphatic rings. The van der Waals surface area contributed by atoms with E-state index in [1.54, 1.807) is 18.1 Å². The normalized spacial score (nSPS) is 27.2. The third-order valence-electron chi connectivity index (χ3n) is 3.56. The molecular weight excluding hydrogens is 266 g/mol. The Balaban J connectivity index is 2.03. The van der Waals surface area contributed by atoms with E-state index < -0.39 is 0 Å². The Labute approximate surface area is 113 Å². The SMILES string of the molecule is Nc1ncnc2c1ncn2C1SC[C@H](CO)[C@H]1CO. The van der Waals surface area contributed by atoms with Crippen LogP contribution in [-0.2, 0) is 0 Å². The Morgan fingerprint density at radius 3 is 2.89 bits per heavy atom. The van der Waals surface area contributed by atoms with Gasteiger partial charge in [0.1, 0.15) is 11.8 Å². The molecule has 2 aromatic rings. The van der Waals surface area contributed by atoms with Crippen LogP contribution in [0.2, 0.25) is 0 Å². The summed E-state index contributed by atoms with van der Waals surface area (Å²) in [7, 11) is 0. The summed E-state index contributed by atoms with van der Waals surface area (Å²) in [5.41, 5.74) is 7.01. The molecule has 1 saturated heterocycles. The van der Waals surface area contributed by atoms with Gasteiger partial charge in [0.2, 0.25) is 0 Å². The Morgan fingerprint density at radius 1 is 1.32 bits per heavy atom. The molecule has 3 rings (SSSR count). The van der Waals surface area contributed by atoms with Crippen LogP contribution in [-0.4, -0.2) is 48.7 Å². The molecule has 1 unspecified atom stereocenters. The quantitative estimate of drug-likeness (QED) is 0.718. The van der Waals surface area contributed by atoms with Crippen LogP contribution in [0.4, 0.5) is 5.82 Å². The van der Waals surface area contributed by atoms with Crippen molar-refractivity contribution in [2.75, 3.05) is 24.7 Å². The highest BCUT2D eigenvalue weighted by Gasteiger charge is 2.37. The van der Waals surface area contributed by atoms with Crippen LogP contribution in [0.25, 0.3) is 11.2 Å². The lowest BCUT2D eigenvalue weighted by atomic mass is 9.95. The van der Waals surface area contributed by atoms with Crippen molar-refractivity contribution in [2.45, 2.75) is 5.37 Å². The van der Waals surface area contributed by atoms with Crippen LogP contribution < -0.4 is 5.73 Å². The topological polar surface area (TPSA) is 110 Å². The Morgan fingerprint density at radius 2 is 2.16 bits per heavy atom. The monoisotopic (exact) mass is 281 g/mol. The maximum absolute atomic E-state index is 9.55. The predicted octanol–water partition coefficient (Wildman–Crippen LogP) is -0.129. The lowest BCUT2D eigenvalue weighted by molar-refractivity contribution is 0.128. The van der Waals surface area contributed by atoms with E-state index in [0.29, 0.717) is 17.0 Å². The number of rotatable bonds is 3. The van der Waals surface area contributed by atoms with Gasteiger partial charge < -0.3 is 20.5 Å². The van der Waals surface area contributed by atoms with Crippen LogP contribution in [0, 0.1) is 11.8 Å². The maximum atomic E-state index is 9.55. The minimum atomic E-state index is -0.0106. The van der Waals surface area contributed by atoms with Gasteiger partial charge in [-0.15, -0.1) is 11.8 Å². The summed E-state index contributed by atoms with van der Waals surface area (Å²) in [5, 5.41) is 18.9. The molecule has 0 amide bonds. The highest BCUT2D eigenvalue weighted by atomic mass is 32.2. The molecule has 0 spiro atoms. The van der Waals surface area contributed by atoms with Crippen molar-refractivity contribution in [3.63, 3.8) is 0 Å². The number of nitrogens with zero attached hydrogens (tertiary/aromatic N) is 4. The number of thioether (sulfide) groups is 1. The lowest BCUT2D eigenvalue weighted by Gasteiger charge is -2.21. The summed E-state index contributed by atoms with van der Waals surface area (Å²) in [4.78, 5) is 12.4. The van der Waals surface area contributed by atoms with Crippen molar-refractivity contribution in [3.05, 3.63) is 12.7 Å². The summed E-state index contributed by atoms with van der Waals surface area (Å²) in [5.74, 6) is 1.25. The third kappa shape index (κ3) is 1.96. The fourth-order valence-electron chi connectivity index (χ4n) is 2.47. The molecule has 3 atom stereocenters. The molecular formula is C11H15N5O2S. The van der Waals surface area contributed by atoms with E-state index in [9.17, 15) is 10.2 Å². The summed E-state index contributed by atoms with van der Waals surface area (Å²) in [6.45, 7) is 0.113. The molecule has 0 radical (unpaired) electrons. The number of fused-ring (bicyclic) bond motifs is 1. The van der Waals surface area contributed by atoms with Gasteiger partial charge in [-0.3, -0.25) is 0 Å². The van der Waals surface area contributed by atoms with Crippen LogP contribution >= 0.6 is 11.8 Å². The van der Waals surface area contributed by atoms with Crippen LogP contribution in [0.15, 0.2) is 12.7 Å². The Hall–Kier alpha value is -1.38. The summed E-state index contributed by atoms with van der Waals surface area (Å²) in [6.07, 6.45) is 3.09. The van der Waals surface area contributed by atoms with Crippen molar-refractivity contribution in [1.82, 2.24) is 19.5 Å². The third-order valence-corrected chi connectivity index (χ3v) is 5.10. The maximum Gasteiger partial charge on any atom is 0.166 e. The van der Waals surface area contributed by atoms with Crippen molar-refractivity contribution < 1.29 is 10.2 Å². The van der Waals surface area contributed by atoms with Gasteiger partial charge in [0, 0.05) is 24.9 Å². The largest absolute Gasteiger partial charge is 0.396 e. The number of aliphatic hydroxyl groups excluding tert-OH is 2. The number of aromatic nitrogens is 4. The van der Waals surface area contributed by atoms with Crippen molar-refractivity contribution in [2.24, 2.45) is 11.8 Å². The smallest absolute Gasteiger partial charge is 0.166 e. The van der Waals surface area contributed by atoms with Gasteiger partial charge in [-0.25, -0.2) is 15.0 Å². The van der Waals surface area contributed by atoms with Gasteiger partial charge in [-0.1, -0.05) is 0 Å². The highest BCUT2D eigenvalue weighted by molar-refractivity contribution is 7.99. The van der Waals surface area contributed by atoms with Gasteiger partial charge in [0.15, 0.2) is 11.5 Å². The second kappa shape index (κ2) is 4.95. The molecule has 4 N–H and O–H groups in total. The second-order valence-electron chi connectivity index (χ2n) is 4.60. The van der Waals surface area contributed by atoms with E-state index in [1.165, 1.54) is 6.33 Å². The average Bonchev–Trinajstić information content (AvgIpc) is 3.01. The zero-order valence-electron chi connectivity index (χ0n) is 10.2. The number of nitrogen functional groups attached to an aromatic ring is 1. The fraction of sp³-hybridized carbons (Fsp3) is 0.545. The zero-order valence-corrected chi connectivity index (χ0v) is 11.0. The minimum Gasteiger partial charge on any atom is -0.396 e. The van der Waals surface area contributed by atoms with Gasteiger partial charge in [0.25, 0.3) is 0 Å². The number of nitrogens with two attached hydrogens (primary N) is 1. The first kappa shape index (κ1) is 12.6. The van der Waals surface area contributed by atoms with E-state index in [2.05, 4.69) is 15.0 Å². The van der Waals surface area contributed by atoms with Gasteiger partial charge >= 0.3 is 0 Å². The van der Waals surface area contributed by atoms with E-state index in [-0.39, 0.29) is 30.4 Å². The van der Waals surface area contributed by atoms with E-state index in [0.717, 1.165) is 5.75 Å². The molecule has 1 aliphatic heterocycles. The summed E-state index contributed by atoms with van der Waals surface area (Å²) < 4.78 is 1.91. The summed E-state index contributed by atoms with van der Waals surface area (Å²) >= 11 is 1.69. The molecule has 1 fully saturated rings. The van der Waals surface area contributed by atoms with E-state index in [4.69, 9.17) is 5.73 Å². The zero-order chi connectivity index (χ0) is 13.4. The van der Waals surface area contributed by atoms with Crippen molar-refractivity contribution >= 4 is 28.7 Å². The molecule has 0 aliphatic carbocycles. The average molecular weight is 281 g/mol. The van der Waals surface area contributed by atoms with Gasteiger partial charge in [-0.05, 0) is 5.92 Å². The number of hydrogen-bond donors (Lipinski definition) is 3. The minimum absolute atomic E-state index is 0.0106. The van der Waals surface area contributed by atoms with Crippen molar-refractivity contribution in [3.8, 4) is 0 Å². The lowest BCUT2D eigenvalue weighted by Crippen LogP contribution is -2.24. The predicted molar refractivity (Wildman–Crippen MR) is 72.4 cm³/mol. The van der Waals surface area contributed by atoms with Gasteiger partial charge in [0.05, 0.1) is 11.7 Å². The first-order chi connectivity index (χ1) is 9.26. The van der Waals surface area contributed by atoms with Gasteiger partial charge in [-0.2, -0.15) is 0 Å². The number of imidazole rings is 1. The number of anilines is 1. The molecule has 8 heteroatoms. The summed E-state index contributed by atoms with van der Waals surface area (Å²) in [6, 6.07) is 0. The van der Waals surface area contributed by atoms with Crippen LogP contribution in [0.3, 0.4) is 0 Å². The molecule has 3 heterocycles. The number of hydrogen-bond acceptors (Lipinski definition) is 7. The fourth-order valence-corrected chi connectivity index (χ4v) is 4.14. The molecule has 2 aromatic heterocycles. The first-order valence-electron chi connectivity index (χ1n) is 6.02. The second-order valence-corrected chi connectivity index (χ2v) is 5.75. The first-order valence-corrected chi connectivity index (χ1v) is 7.07. The molecule has 0 bridgehead atoms. The van der Waals surface area contributed by atoms with Crippen LogP contribution in [0.1, 0.15) is 5.37 Å². The molecule has 0 aromatic carbocycles.